The maximum absolute atomic E-state index is 4.58. The van der Waals surface area contributed by atoms with Gasteiger partial charge in [-0.2, -0.15) is 0 Å². The number of aryl methyl sites for hydroxylation is 1. The minimum Gasteiger partial charge on any atom is -0.264 e. The second kappa shape index (κ2) is 7.78. The summed E-state index contributed by atoms with van der Waals surface area (Å²) in [6.45, 7) is 2.18. The van der Waals surface area contributed by atoms with Gasteiger partial charge in [-0.05, 0) is 79.0 Å². The second-order valence-electron chi connectivity index (χ2n) is 9.31. The molecule has 164 valence electrons. The van der Waals surface area contributed by atoms with E-state index in [1.165, 1.54) is 70.9 Å². The third-order valence-electron chi connectivity index (χ3n) is 7.17. The van der Waals surface area contributed by atoms with E-state index in [0.717, 1.165) is 0 Å². The summed E-state index contributed by atoms with van der Waals surface area (Å²) in [6, 6.07) is 39.7. The average Bonchev–Trinajstić information content (AvgIpc) is 2.91. The van der Waals surface area contributed by atoms with E-state index in [1.54, 1.807) is 0 Å². The molecule has 0 saturated heterocycles. The molecular weight excluding hydrogens is 422 g/mol. The van der Waals surface area contributed by atoms with Crippen LogP contribution in [0.5, 0.6) is 0 Å². The van der Waals surface area contributed by atoms with Crippen LogP contribution in [-0.4, -0.2) is 4.98 Å². The van der Waals surface area contributed by atoms with Gasteiger partial charge >= 0.3 is 0 Å². The summed E-state index contributed by atoms with van der Waals surface area (Å²) in [5, 5.41) is 9.99. The zero-order valence-corrected chi connectivity index (χ0v) is 19.5. The molecule has 0 amide bonds. The summed E-state index contributed by atoms with van der Waals surface area (Å²) in [7, 11) is 0. The molecule has 0 radical (unpaired) electrons. The van der Waals surface area contributed by atoms with Gasteiger partial charge in [0.15, 0.2) is 0 Å². The van der Waals surface area contributed by atoms with Gasteiger partial charge in [0.05, 0.1) is 0 Å². The first-order valence-corrected chi connectivity index (χ1v) is 12.1. The van der Waals surface area contributed by atoms with Crippen LogP contribution in [0.4, 0.5) is 0 Å². The molecule has 1 aromatic heterocycles. The number of aromatic nitrogens is 1. The lowest BCUT2D eigenvalue weighted by atomic mass is 9.84. The molecule has 6 aromatic carbocycles. The molecular formula is C34H23N. The summed E-state index contributed by atoms with van der Waals surface area (Å²) >= 11 is 0. The van der Waals surface area contributed by atoms with Gasteiger partial charge in [-0.1, -0.05) is 103 Å². The normalized spacial score (nSPS) is 11.6. The lowest BCUT2D eigenvalue weighted by Crippen LogP contribution is -1.93. The van der Waals surface area contributed by atoms with Crippen molar-refractivity contribution >= 4 is 43.1 Å². The summed E-state index contributed by atoms with van der Waals surface area (Å²) in [6.07, 6.45) is 3.95. The van der Waals surface area contributed by atoms with E-state index in [-0.39, 0.29) is 0 Å². The highest BCUT2D eigenvalue weighted by Crippen LogP contribution is 2.45. The lowest BCUT2D eigenvalue weighted by molar-refractivity contribution is 1.37. The van der Waals surface area contributed by atoms with Gasteiger partial charge < -0.3 is 0 Å². The highest BCUT2D eigenvalue weighted by Gasteiger charge is 2.18. The minimum atomic E-state index is 1.18. The van der Waals surface area contributed by atoms with E-state index in [0.29, 0.717) is 0 Å². The fraction of sp³-hybridized carbons (Fsp3) is 0.0294. The average molecular weight is 446 g/mol. The van der Waals surface area contributed by atoms with Gasteiger partial charge in [0.2, 0.25) is 0 Å². The number of pyridine rings is 1. The molecule has 0 spiro atoms. The third kappa shape index (κ3) is 3.13. The molecule has 0 aliphatic carbocycles. The van der Waals surface area contributed by atoms with Crippen LogP contribution in [-0.2, 0) is 0 Å². The van der Waals surface area contributed by atoms with E-state index in [9.17, 15) is 0 Å². The topological polar surface area (TPSA) is 12.9 Å². The molecule has 0 unspecified atom stereocenters. The summed E-state index contributed by atoms with van der Waals surface area (Å²) in [5.74, 6) is 0. The van der Waals surface area contributed by atoms with Crippen molar-refractivity contribution in [2.45, 2.75) is 6.92 Å². The van der Waals surface area contributed by atoms with Gasteiger partial charge in [0.1, 0.15) is 0 Å². The maximum atomic E-state index is 4.58. The molecule has 7 aromatic rings. The van der Waals surface area contributed by atoms with Crippen molar-refractivity contribution < 1.29 is 0 Å². The molecule has 0 atom stereocenters. The van der Waals surface area contributed by atoms with Crippen molar-refractivity contribution in [1.82, 2.24) is 4.98 Å². The van der Waals surface area contributed by atoms with E-state index in [4.69, 9.17) is 0 Å². The quantitative estimate of drug-likeness (QED) is 0.242. The van der Waals surface area contributed by atoms with Crippen LogP contribution >= 0.6 is 0 Å². The molecule has 35 heavy (non-hydrogen) atoms. The van der Waals surface area contributed by atoms with Gasteiger partial charge in [0, 0.05) is 17.8 Å². The Balaban J connectivity index is 1.67. The number of hydrogen-bond acceptors (Lipinski definition) is 1. The molecule has 0 aliphatic heterocycles. The first-order valence-electron chi connectivity index (χ1n) is 12.1. The monoisotopic (exact) mass is 445 g/mol. The summed E-state index contributed by atoms with van der Waals surface area (Å²) in [4.78, 5) is 4.58. The van der Waals surface area contributed by atoms with E-state index in [2.05, 4.69) is 121 Å². The van der Waals surface area contributed by atoms with Crippen molar-refractivity contribution in [1.29, 1.82) is 0 Å². The largest absolute Gasteiger partial charge is 0.264 e. The first kappa shape index (κ1) is 19.9. The van der Waals surface area contributed by atoms with Crippen LogP contribution in [0.1, 0.15) is 5.56 Å². The van der Waals surface area contributed by atoms with Crippen molar-refractivity contribution in [2.24, 2.45) is 0 Å². The Hall–Kier alpha value is -4.49. The van der Waals surface area contributed by atoms with Crippen LogP contribution in [0, 0.1) is 6.92 Å². The van der Waals surface area contributed by atoms with Crippen LogP contribution in [0.25, 0.3) is 65.3 Å². The third-order valence-corrected chi connectivity index (χ3v) is 7.17. The number of nitrogens with zero attached hydrogens (tertiary/aromatic N) is 1. The molecule has 0 saturated carbocycles. The fourth-order valence-corrected chi connectivity index (χ4v) is 5.57. The number of hydrogen-bond donors (Lipinski definition) is 0. The molecule has 1 nitrogen and oxygen atoms in total. The maximum Gasteiger partial charge on any atom is 0.0353 e. The Kier molecular flexibility index (Phi) is 4.43. The molecule has 1 heteroatoms. The molecule has 0 bridgehead atoms. The molecule has 1 heterocycles. The predicted octanol–water partition coefficient (Wildman–Crippen LogP) is 9.34. The minimum absolute atomic E-state index is 1.18. The highest BCUT2D eigenvalue weighted by atomic mass is 14.6. The van der Waals surface area contributed by atoms with Crippen molar-refractivity contribution in [3.8, 4) is 22.3 Å². The SMILES string of the molecule is Cc1ccc2c(-c3ccc4ccccc4c3)c3cnccc3c(-c3cccc4ccccc34)c2c1. The zero-order chi connectivity index (χ0) is 23.4. The molecule has 0 aliphatic rings. The fourth-order valence-electron chi connectivity index (χ4n) is 5.57. The Labute approximate surface area is 204 Å². The standard InChI is InChI=1S/C34H23N/c1-22-13-16-29-31(19-22)34(28-12-6-10-24-8-4-5-11-27(24)28)30-17-18-35-21-32(30)33(29)26-15-14-23-7-2-3-9-25(23)20-26/h2-21H,1H3. The van der Waals surface area contributed by atoms with Gasteiger partial charge in [0.25, 0.3) is 0 Å². The predicted molar refractivity (Wildman–Crippen MR) is 150 cm³/mol. The second-order valence-corrected chi connectivity index (χ2v) is 9.31. The van der Waals surface area contributed by atoms with E-state index < -0.39 is 0 Å². The van der Waals surface area contributed by atoms with E-state index >= 15 is 0 Å². The summed E-state index contributed by atoms with van der Waals surface area (Å²) in [5.41, 5.74) is 6.28. The highest BCUT2D eigenvalue weighted by molar-refractivity contribution is 6.23. The number of fused-ring (bicyclic) bond motifs is 4. The summed E-state index contributed by atoms with van der Waals surface area (Å²) < 4.78 is 0. The Bertz CT molecular complexity index is 1910. The smallest absolute Gasteiger partial charge is 0.0353 e. The van der Waals surface area contributed by atoms with Gasteiger partial charge in [-0.3, -0.25) is 4.98 Å². The van der Waals surface area contributed by atoms with Crippen LogP contribution in [0.15, 0.2) is 122 Å². The zero-order valence-electron chi connectivity index (χ0n) is 19.5. The Morgan fingerprint density at radius 1 is 0.486 bits per heavy atom. The number of rotatable bonds is 2. The van der Waals surface area contributed by atoms with Crippen LogP contribution in [0.2, 0.25) is 0 Å². The number of benzene rings is 6. The van der Waals surface area contributed by atoms with Gasteiger partial charge in [-0.25, -0.2) is 0 Å². The van der Waals surface area contributed by atoms with Crippen LogP contribution < -0.4 is 0 Å². The lowest BCUT2D eigenvalue weighted by Gasteiger charge is -2.19. The molecule has 7 rings (SSSR count). The molecule has 0 fully saturated rings. The Morgan fingerprint density at radius 2 is 1.26 bits per heavy atom. The Morgan fingerprint density at radius 3 is 2.17 bits per heavy atom. The van der Waals surface area contributed by atoms with Crippen LogP contribution in [0.3, 0.4) is 0 Å². The first-order chi connectivity index (χ1) is 17.3. The molecule has 0 N–H and O–H groups in total. The van der Waals surface area contributed by atoms with Gasteiger partial charge in [-0.15, -0.1) is 0 Å². The van der Waals surface area contributed by atoms with E-state index in [1.807, 2.05) is 12.4 Å². The van der Waals surface area contributed by atoms with Crippen molar-refractivity contribution in [3.63, 3.8) is 0 Å². The van der Waals surface area contributed by atoms with Crippen molar-refractivity contribution in [2.75, 3.05) is 0 Å². The van der Waals surface area contributed by atoms with Crippen molar-refractivity contribution in [3.05, 3.63) is 127 Å².